The van der Waals surface area contributed by atoms with Crippen LogP contribution in [0.4, 0.5) is 4.39 Å². The van der Waals surface area contributed by atoms with Crippen LogP contribution in [-0.4, -0.2) is 60.3 Å². The van der Waals surface area contributed by atoms with Gasteiger partial charge in [0, 0.05) is 41.2 Å². The average molecular weight is 424 g/mol. The molecule has 0 unspecified atom stereocenters. The number of fused-ring (bicyclic) bond motifs is 4. The van der Waals surface area contributed by atoms with E-state index in [2.05, 4.69) is 34.0 Å². The second kappa shape index (κ2) is 7.93. The smallest absolute Gasteiger partial charge is 0.123 e. The highest BCUT2D eigenvalue weighted by Gasteiger charge is 2.46. The molecule has 0 saturated carbocycles. The van der Waals surface area contributed by atoms with Crippen LogP contribution in [0.3, 0.4) is 0 Å². The third kappa shape index (κ3) is 3.53. The number of nitrogens with one attached hydrogen (secondary N) is 1. The summed E-state index contributed by atoms with van der Waals surface area (Å²) in [7, 11) is 3.87. The van der Waals surface area contributed by atoms with Crippen LogP contribution in [0.15, 0.2) is 42.5 Å². The van der Waals surface area contributed by atoms with Crippen LogP contribution in [0.5, 0.6) is 5.75 Å². The van der Waals surface area contributed by atoms with Crippen molar-refractivity contribution in [3.8, 4) is 5.75 Å². The monoisotopic (exact) mass is 423 g/mol. The van der Waals surface area contributed by atoms with Crippen LogP contribution in [-0.2, 0) is 12.0 Å². The molecular weight excluding hydrogens is 393 g/mol. The van der Waals surface area contributed by atoms with Gasteiger partial charge in [0.15, 0.2) is 0 Å². The number of hydrogen-bond acceptors (Lipinski definition) is 4. The first-order chi connectivity index (χ1) is 15.0. The second-order valence-corrected chi connectivity index (χ2v) is 9.14. The first-order valence-electron chi connectivity index (χ1n) is 11.0. The van der Waals surface area contributed by atoms with E-state index in [1.807, 2.05) is 18.2 Å². The van der Waals surface area contributed by atoms with Gasteiger partial charge in [0.25, 0.3) is 0 Å². The molecule has 0 bridgehead atoms. The SMILES string of the molecule is COc1ccc2c3c([nH]c2c1)[C@H](CO)N(Cc1ccc(F)cc1)CC31CCN(C)CC1. The van der Waals surface area contributed by atoms with Gasteiger partial charge in [0.05, 0.1) is 19.8 Å². The fourth-order valence-electron chi connectivity index (χ4n) is 5.56. The van der Waals surface area contributed by atoms with E-state index in [9.17, 15) is 9.50 Å². The summed E-state index contributed by atoms with van der Waals surface area (Å²) in [6, 6.07) is 12.8. The summed E-state index contributed by atoms with van der Waals surface area (Å²) < 4.78 is 18.9. The van der Waals surface area contributed by atoms with Crippen LogP contribution in [0, 0.1) is 5.82 Å². The Morgan fingerprint density at radius 1 is 1.16 bits per heavy atom. The lowest BCUT2D eigenvalue weighted by Gasteiger charge is -2.50. The zero-order valence-corrected chi connectivity index (χ0v) is 18.2. The van der Waals surface area contributed by atoms with Crippen LogP contribution in [0.1, 0.15) is 35.7 Å². The molecule has 164 valence electrons. The number of aliphatic hydroxyl groups is 1. The summed E-state index contributed by atoms with van der Waals surface area (Å²) in [5.41, 5.74) is 4.63. The number of H-pyrrole nitrogens is 1. The molecule has 1 saturated heterocycles. The Labute approximate surface area is 182 Å². The highest BCUT2D eigenvalue weighted by molar-refractivity contribution is 5.87. The fourth-order valence-corrected chi connectivity index (χ4v) is 5.56. The van der Waals surface area contributed by atoms with Crippen molar-refractivity contribution in [1.82, 2.24) is 14.8 Å². The largest absolute Gasteiger partial charge is 0.497 e. The molecule has 1 fully saturated rings. The van der Waals surface area contributed by atoms with Crippen molar-refractivity contribution in [2.24, 2.45) is 0 Å². The van der Waals surface area contributed by atoms with Gasteiger partial charge < -0.3 is 19.7 Å². The molecule has 31 heavy (non-hydrogen) atoms. The van der Waals surface area contributed by atoms with Gasteiger partial charge in [0.2, 0.25) is 0 Å². The van der Waals surface area contributed by atoms with Gasteiger partial charge in [-0.1, -0.05) is 12.1 Å². The van der Waals surface area contributed by atoms with Crippen molar-refractivity contribution >= 4 is 10.9 Å². The number of hydrogen-bond donors (Lipinski definition) is 2. The molecule has 1 aromatic heterocycles. The lowest BCUT2D eigenvalue weighted by atomic mass is 9.68. The van der Waals surface area contributed by atoms with Crippen LogP contribution < -0.4 is 4.74 Å². The summed E-state index contributed by atoms with van der Waals surface area (Å²) in [4.78, 5) is 8.41. The maximum atomic E-state index is 13.4. The Hall–Kier alpha value is -2.41. The minimum absolute atomic E-state index is 0.0282. The quantitative estimate of drug-likeness (QED) is 0.670. The van der Waals surface area contributed by atoms with Crippen LogP contribution in [0.25, 0.3) is 10.9 Å². The standard InChI is InChI=1S/C25H30FN3O2/c1-28-11-9-25(10-12-28)16-29(14-17-3-5-18(26)6-4-17)22(15-30)24-23(25)20-8-7-19(31-2)13-21(20)27-24/h3-8,13,22,27,30H,9-12,14-16H2,1-2H3/t22-/m0/s1. The van der Waals surface area contributed by atoms with E-state index in [1.165, 1.54) is 23.1 Å². The number of aliphatic hydroxyl groups excluding tert-OH is 1. The number of methoxy groups -OCH3 is 1. The van der Waals surface area contributed by atoms with E-state index >= 15 is 0 Å². The molecule has 2 aromatic carbocycles. The number of nitrogens with zero attached hydrogens (tertiary/aromatic N) is 2. The van der Waals surface area contributed by atoms with E-state index < -0.39 is 0 Å². The number of likely N-dealkylation sites (tertiary alicyclic amines) is 1. The number of rotatable bonds is 4. The van der Waals surface area contributed by atoms with Gasteiger partial charge in [-0.3, -0.25) is 4.90 Å². The first-order valence-corrected chi connectivity index (χ1v) is 11.0. The Bertz CT molecular complexity index is 1070. The van der Waals surface area contributed by atoms with Crippen molar-refractivity contribution in [3.05, 3.63) is 65.1 Å². The number of piperidine rings is 1. The minimum Gasteiger partial charge on any atom is -0.497 e. The molecule has 3 heterocycles. The molecule has 0 aliphatic carbocycles. The molecular formula is C25H30FN3O2. The Kier molecular flexibility index (Phi) is 5.24. The highest BCUT2D eigenvalue weighted by atomic mass is 19.1. The van der Waals surface area contributed by atoms with Gasteiger partial charge >= 0.3 is 0 Å². The Balaban J connectivity index is 1.62. The third-order valence-electron chi connectivity index (χ3n) is 7.26. The van der Waals surface area contributed by atoms with Crippen molar-refractivity contribution in [2.45, 2.75) is 30.8 Å². The van der Waals surface area contributed by atoms with E-state index in [0.29, 0.717) is 6.54 Å². The summed E-state index contributed by atoms with van der Waals surface area (Å²) in [5, 5.41) is 11.7. The van der Waals surface area contributed by atoms with Gasteiger partial charge in [-0.15, -0.1) is 0 Å². The first kappa shape index (κ1) is 20.5. The maximum absolute atomic E-state index is 13.4. The van der Waals surface area contributed by atoms with Crippen molar-refractivity contribution < 1.29 is 14.2 Å². The normalized spacial score (nSPS) is 21.5. The number of ether oxygens (including phenoxy) is 1. The molecule has 2 aliphatic heterocycles. The van der Waals surface area contributed by atoms with Crippen LogP contribution in [0.2, 0.25) is 0 Å². The molecule has 2 aliphatic rings. The minimum atomic E-state index is -0.222. The zero-order chi connectivity index (χ0) is 21.6. The van der Waals surface area contributed by atoms with Gasteiger partial charge in [0.1, 0.15) is 11.6 Å². The van der Waals surface area contributed by atoms with Crippen molar-refractivity contribution in [1.29, 1.82) is 0 Å². The number of benzene rings is 2. The Morgan fingerprint density at radius 2 is 1.90 bits per heavy atom. The van der Waals surface area contributed by atoms with E-state index in [-0.39, 0.29) is 23.9 Å². The number of aromatic amines is 1. The predicted octanol–water partition coefficient (Wildman–Crippen LogP) is 3.83. The predicted molar refractivity (Wildman–Crippen MR) is 120 cm³/mol. The van der Waals surface area contributed by atoms with Crippen molar-refractivity contribution in [2.75, 3.05) is 40.4 Å². The van der Waals surface area contributed by atoms with Gasteiger partial charge in [-0.25, -0.2) is 4.39 Å². The molecule has 0 amide bonds. The van der Waals surface area contributed by atoms with E-state index in [4.69, 9.17) is 4.74 Å². The van der Waals surface area contributed by atoms with Gasteiger partial charge in [-0.2, -0.15) is 0 Å². The maximum Gasteiger partial charge on any atom is 0.123 e. The van der Waals surface area contributed by atoms with Gasteiger partial charge in [-0.05, 0) is 68.4 Å². The van der Waals surface area contributed by atoms with Crippen molar-refractivity contribution in [3.63, 3.8) is 0 Å². The molecule has 0 radical (unpaired) electrons. The fraction of sp³-hybridized carbons (Fsp3) is 0.440. The average Bonchev–Trinajstić information content (AvgIpc) is 3.17. The third-order valence-corrected chi connectivity index (χ3v) is 7.26. The summed E-state index contributed by atoms with van der Waals surface area (Å²) >= 11 is 0. The zero-order valence-electron chi connectivity index (χ0n) is 18.2. The summed E-state index contributed by atoms with van der Waals surface area (Å²) in [6.45, 7) is 3.71. The number of halogens is 1. The molecule has 6 heteroatoms. The lowest BCUT2D eigenvalue weighted by molar-refractivity contribution is 0.0474. The number of aromatic nitrogens is 1. The van der Waals surface area contributed by atoms with E-state index in [0.717, 1.165) is 55.0 Å². The molecule has 5 rings (SSSR count). The topological polar surface area (TPSA) is 51.7 Å². The highest BCUT2D eigenvalue weighted by Crippen LogP contribution is 2.49. The summed E-state index contributed by atoms with van der Waals surface area (Å²) in [6.07, 6.45) is 2.15. The Morgan fingerprint density at radius 3 is 2.58 bits per heavy atom. The van der Waals surface area contributed by atoms with E-state index in [1.54, 1.807) is 7.11 Å². The summed E-state index contributed by atoms with van der Waals surface area (Å²) in [5.74, 6) is 0.604. The molecule has 2 N–H and O–H groups in total. The molecule has 3 aromatic rings. The molecule has 1 atom stereocenters. The molecule has 1 spiro atoms. The second-order valence-electron chi connectivity index (χ2n) is 9.14. The van der Waals surface area contributed by atoms with Crippen LogP contribution >= 0.6 is 0 Å². The lowest BCUT2D eigenvalue weighted by Crippen LogP contribution is -2.53. The molecule has 5 nitrogen and oxygen atoms in total.